The lowest BCUT2D eigenvalue weighted by Crippen LogP contribution is -2.02. The summed E-state index contributed by atoms with van der Waals surface area (Å²) in [7, 11) is 0. The standard InChI is InChI=1S/C13H12BrNO2S/c1-2-3-17-11-4-9(6-15-7-11)13(16)10-5-12(14)18-8-10/h4-8H,2-3H2,1H3. The van der Waals surface area contributed by atoms with Gasteiger partial charge in [-0.25, -0.2) is 0 Å². The molecule has 0 N–H and O–H groups in total. The lowest BCUT2D eigenvalue weighted by atomic mass is 10.1. The highest BCUT2D eigenvalue weighted by molar-refractivity contribution is 9.11. The Kier molecular flexibility index (Phi) is 4.49. The van der Waals surface area contributed by atoms with Gasteiger partial charge in [-0.15, -0.1) is 11.3 Å². The predicted molar refractivity (Wildman–Crippen MR) is 75.5 cm³/mol. The Morgan fingerprint density at radius 3 is 2.89 bits per heavy atom. The number of hydrogen-bond acceptors (Lipinski definition) is 4. The van der Waals surface area contributed by atoms with Crippen LogP contribution >= 0.6 is 27.3 Å². The summed E-state index contributed by atoms with van der Waals surface area (Å²) >= 11 is 4.84. The van der Waals surface area contributed by atoms with Gasteiger partial charge in [-0.1, -0.05) is 6.92 Å². The highest BCUT2D eigenvalue weighted by Gasteiger charge is 2.12. The maximum absolute atomic E-state index is 12.2. The molecule has 3 nitrogen and oxygen atoms in total. The Bertz CT molecular complexity index is 553. The molecule has 94 valence electrons. The highest BCUT2D eigenvalue weighted by atomic mass is 79.9. The summed E-state index contributed by atoms with van der Waals surface area (Å²) in [6.07, 6.45) is 4.11. The molecule has 2 rings (SSSR count). The quantitative estimate of drug-likeness (QED) is 0.782. The van der Waals surface area contributed by atoms with E-state index in [2.05, 4.69) is 20.9 Å². The van der Waals surface area contributed by atoms with E-state index in [-0.39, 0.29) is 5.78 Å². The molecule has 0 aliphatic heterocycles. The SMILES string of the molecule is CCCOc1cncc(C(=O)c2csc(Br)c2)c1. The summed E-state index contributed by atoms with van der Waals surface area (Å²) in [5.74, 6) is 0.600. The summed E-state index contributed by atoms with van der Waals surface area (Å²) < 4.78 is 6.41. The van der Waals surface area contributed by atoms with Gasteiger partial charge in [-0.05, 0) is 34.5 Å². The first-order chi connectivity index (χ1) is 8.70. The van der Waals surface area contributed by atoms with E-state index in [9.17, 15) is 4.79 Å². The lowest BCUT2D eigenvalue weighted by molar-refractivity contribution is 0.103. The minimum atomic E-state index is -0.0357. The van der Waals surface area contributed by atoms with Gasteiger partial charge < -0.3 is 4.74 Å². The maximum atomic E-state index is 12.2. The van der Waals surface area contributed by atoms with Crippen LogP contribution in [-0.4, -0.2) is 17.4 Å². The van der Waals surface area contributed by atoms with Crippen molar-refractivity contribution < 1.29 is 9.53 Å². The normalized spacial score (nSPS) is 10.3. The average molecular weight is 326 g/mol. The molecular formula is C13H12BrNO2S. The van der Waals surface area contributed by atoms with Crippen molar-refractivity contribution in [2.75, 3.05) is 6.61 Å². The first-order valence-corrected chi connectivity index (χ1v) is 7.24. The van der Waals surface area contributed by atoms with Crippen molar-refractivity contribution in [3.05, 3.63) is 44.8 Å². The molecule has 0 aromatic carbocycles. The summed E-state index contributed by atoms with van der Waals surface area (Å²) in [6.45, 7) is 2.66. The van der Waals surface area contributed by atoms with Crippen molar-refractivity contribution in [2.45, 2.75) is 13.3 Å². The Hall–Kier alpha value is -1.20. The summed E-state index contributed by atoms with van der Waals surface area (Å²) in [5, 5.41) is 1.83. The van der Waals surface area contributed by atoms with E-state index >= 15 is 0 Å². The summed E-state index contributed by atoms with van der Waals surface area (Å²) in [4.78, 5) is 16.2. The van der Waals surface area contributed by atoms with Crippen LogP contribution < -0.4 is 4.74 Å². The second kappa shape index (κ2) is 6.11. The molecule has 0 atom stereocenters. The zero-order valence-electron chi connectivity index (χ0n) is 9.85. The molecule has 0 bridgehead atoms. The Morgan fingerprint density at radius 1 is 1.39 bits per heavy atom. The van der Waals surface area contributed by atoms with E-state index in [1.807, 2.05) is 18.4 Å². The molecule has 18 heavy (non-hydrogen) atoms. The van der Waals surface area contributed by atoms with Gasteiger partial charge in [0.1, 0.15) is 5.75 Å². The molecule has 2 heterocycles. The molecule has 0 unspecified atom stereocenters. The van der Waals surface area contributed by atoms with Gasteiger partial charge in [0.05, 0.1) is 16.6 Å². The number of ketones is 1. The average Bonchev–Trinajstić information content (AvgIpc) is 2.82. The molecule has 0 saturated carbocycles. The first kappa shape index (κ1) is 13.2. The molecule has 0 aliphatic carbocycles. The molecule has 5 heteroatoms. The van der Waals surface area contributed by atoms with Crippen molar-refractivity contribution in [2.24, 2.45) is 0 Å². The van der Waals surface area contributed by atoms with Gasteiger partial charge in [0.2, 0.25) is 0 Å². The monoisotopic (exact) mass is 325 g/mol. The third-order valence-electron chi connectivity index (χ3n) is 2.28. The summed E-state index contributed by atoms with van der Waals surface area (Å²) in [6, 6.07) is 3.54. The van der Waals surface area contributed by atoms with Gasteiger partial charge in [0.15, 0.2) is 5.78 Å². The van der Waals surface area contributed by atoms with E-state index in [0.717, 1.165) is 10.2 Å². The number of halogens is 1. The second-order valence-electron chi connectivity index (χ2n) is 3.73. The topological polar surface area (TPSA) is 39.2 Å². The maximum Gasteiger partial charge on any atom is 0.195 e. The zero-order chi connectivity index (χ0) is 13.0. The smallest absolute Gasteiger partial charge is 0.195 e. The highest BCUT2D eigenvalue weighted by Crippen LogP contribution is 2.23. The number of hydrogen-bond donors (Lipinski definition) is 0. The zero-order valence-corrected chi connectivity index (χ0v) is 12.3. The van der Waals surface area contributed by atoms with E-state index < -0.39 is 0 Å². The third-order valence-corrected chi connectivity index (χ3v) is 3.78. The minimum absolute atomic E-state index is 0.0357. The van der Waals surface area contributed by atoms with Crippen molar-refractivity contribution in [1.29, 1.82) is 0 Å². The third kappa shape index (κ3) is 3.17. The minimum Gasteiger partial charge on any atom is -0.492 e. The fraction of sp³-hybridized carbons (Fsp3) is 0.231. The van der Waals surface area contributed by atoms with Crippen molar-refractivity contribution in [1.82, 2.24) is 4.98 Å². The molecule has 2 aromatic heterocycles. The molecule has 0 saturated heterocycles. The second-order valence-corrected chi connectivity index (χ2v) is 6.02. The van der Waals surface area contributed by atoms with E-state index in [1.165, 1.54) is 11.3 Å². The number of aromatic nitrogens is 1. The van der Waals surface area contributed by atoms with Crippen LogP contribution in [0.4, 0.5) is 0 Å². The van der Waals surface area contributed by atoms with Crippen LogP contribution in [0, 0.1) is 0 Å². The number of pyridine rings is 1. The number of thiophene rings is 1. The van der Waals surface area contributed by atoms with Gasteiger partial charge in [0.25, 0.3) is 0 Å². The van der Waals surface area contributed by atoms with Crippen LogP contribution in [0.2, 0.25) is 0 Å². The number of nitrogens with zero attached hydrogens (tertiary/aromatic N) is 1. The summed E-state index contributed by atoms with van der Waals surface area (Å²) in [5.41, 5.74) is 1.22. The van der Waals surface area contributed by atoms with E-state index in [0.29, 0.717) is 23.5 Å². The van der Waals surface area contributed by atoms with Gasteiger partial charge >= 0.3 is 0 Å². The van der Waals surface area contributed by atoms with Crippen molar-refractivity contribution in [3.8, 4) is 5.75 Å². The lowest BCUT2D eigenvalue weighted by Gasteiger charge is -2.05. The fourth-order valence-corrected chi connectivity index (χ4v) is 2.57. The Balaban J connectivity index is 2.20. The molecule has 0 aliphatic rings. The van der Waals surface area contributed by atoms with E-state index in [1.54, 1.807) is 18.5 Å². The number of rotatable bonds is 5. The van der Waals surface area contributed by atoms with Crippen LogP contribution in [0.3, 0.4) is 0 Å². The van der Waals surface area contributed by atoms with Gasteiger partial charge in [0, 0.05) is 22.7 Å². The van der Waals surface area contributed by atoms with Crippen molar-refractivity contribution >= 4 is 33.0 Å². The number of carbonyl (C=O) groups is 1. The number of ether oxygens (including phenoxy) is 1. The predicted octanol–water partition coefficient (Wildman–Crippen LogP) is 3.93. The molecule has 0 amide bonds. The van der Waals surface area contributed by atoms with Gasteiger partial charge in [-0.3, -0.25) is 9.78 Å². The van der Waals surface area contributed by atoms with Crippen LogP contribution in [0.15, 0.2) is 33.7 Å². The van der Waals surface area contributed by atoms with E-state index in [4.69, 9.17) is 4.74 Å². The number of carbonyl (C=O) groups excluding carboxylic acids is 1. The molecule has 2 aromatic rings. The van der Waals surface area contributed by atoms with Crippen molar-refractivity contribution in [3.63, 3.8) is 0 Å². The van der Waals surface area contributed by atoms with Crippen LogP contribution in [0.5, 0.6) is 5.75 Å². The van der Waals surface area contributed by atoms with Crippen LogP contribution in [-0.2, 0) is 0 Å². The Morgan fingerprint density at radius 2 is 2.22 bits per heavy atom. The fourth-order valence-electron chi connectivity index (χ4n) is 1.44. The van der Waals surface area contributed by atoms with Crippen LogP contribution in [0.25, 0.3) is 0 Å². The first-order valence-electron chi connectivity index (χ1n) is 5.57. The largest absolute Gasteiger partial charge is 0.492 e. The molecular weight excluding hydrogens is 314 g/mol. The van der Waals surface area contributed by atoms with Gasteiger partial charge in [-0.2, -0.15) is 0 Å². The van der Waals surface area contributed by atoms with Crippen LogP contribution in [0.1, 0.15) is 29.3 Å². The molecule has 0 radical (unpaired) electrons. The molecule has 0 fully saturated rings. The molecule has 0 spiro atoms. The Labute approximate surface area is 118 Å².